The summed E-state index contributed by atoms with van der Waals surface area (Å²) in [5.74, 6) is 1.07. The monoisotopic (exact) mass is 367 g/mol. The van der Waals surface area contributed by atoms with Gasteiger partial charge in [-0.3, -0.25) is 9.89 Å². The van der Waals surface area contributed by atoms with Crippen LogP contribution in [0.2, 0.25) is 0 Å². The molecule has 1 saturated heterocycles. The minimum atomic E-state index is -0.340. The maximum Gasteiger partial charge on any atom is 0.257 e. The first kappa shape index (κ1) is 17.5. The number of benzene rings is 1. The van der Waals surface area contributed by atoms with Crippen molar-refractivity contribution in [1.82, 2.24) is 24.6 Å². The number of carbonyl (C=O) groups excluding carboxylic acids is 1. The maximum atomic E-state index is 13.5. The van der Waals surface area contributed by atoms with Gasteiger partial charge in [0.2, 0.25) is 0 Å². The Hall–Kier alpha value is -2.96. The molecule has 1 aromatic carbocycles. The molecule has 6 nitrogen and oxygen atoms in total. The molecule has 1 aliphatic heterocycles. The lowest BCUT2D eigenvalue weighted by molar-refractivity contribution is 0.0711. The number of nitrogens with one attached hydrogen (secondary N) is 1. The fourth-order valence-electron chi connectivity index (χ4n) is 3.77. The largest absolute Gasteiger partial charge is 0.338 e. The number of aromatic nitrogens is 4. The van der Waals surface area contributed by atoms with Crippen LogP contribution in [0.4, 0.5) is 4.39 Å². The Balaban J connectivity index is 1.49. The molecule has 1 amide bonds. The van der Waals surface area contributed by atoms with E-state index in [1.54, 1.807) is 12.1 Å². The number of imidazole rings is 1. The molecule has 0 saturated carbocycles. The molecule has 2 aromatic heterocycles. The highest BCUT2D eigenvalue weighted by Gasteiger charge is 2.28. The van der Waals surface area contributed by atoms with E-state index in [9.17, 15) is 9.18 Å². The van der Waals surface area contributed by atoms with Crippen LogP contribution in [0.5, 0.6) is 0 Å². The number of hydrogen-bond acceptors (Lipinski definition) is 3. The van der Waals surface area contributed by atoms with Crippen LogP contribution >= 0.6 is 0 Å². The number of carbonyl (C=O) groups is 1. The molecule has 140 valence electrons. The Bertz CT molecular complexity index is 939. The van der Waals surface area contributed by atoms with Crippen molar-refractivity contribution >= 4 is 5.91 Å². The number of hydrogen-bond donors (Lipinski definition) is 1. The third-order valence-corrected chi connectivity index (χ3v) is 5.22. The van der Waals surface area contributed by atoms with Gasteiger partial charge in [0.15, 0.2) is 0 Å². The summed E-state index contributed by atoms with van der Waals surface area (Å²) in [6, 6.07) is 6.18. The third-order valence-electron chi connectivity index (χ3n) is 5.22. The van der Waals surface area contributed by atoms with E-state index in [2.05, 4.69) is 26.7 Å². The van der Waals surface area contributed by atoms with Gasteiger partial charge in [-0.2, -0.15) is 5.10 Å². The first-order valence-corrected chi connectivity index (χ1v) is 9.27. The van der Waals surface area contributed by atoms with Crippen molar-refractivity contribution in [3.63, 3.8) is 0 Å². The molecule has 0 unspecified atom stereocenters. The number of likely N-dealkylation sites (tertiary alicyclic amines) is 1. The molecule has 4 rings (SSSR count). The summed E-state index contributed by atoms with van der Waals surface area (Å²) < 4.78 is 15.7. The molecule has 0 bridgehead atoms. The number of amides is 1. The molecular formula is C20H22FN5O. The zero-order valence-electron chi connectivity index (χ0n) is 15.2. The lowest BCUT2D eigenvalue weighted by Crippen LogP contribution is -2.38. The number of aryl methyl sites for hydroxylation is 1. The Labute approximate surface area is 157 Å². The van der Waals surface area contributed by atoms with Gasteiger partial charge in [0.1, 0.15) is 11.6 Å². The zero-order chi connectivity index (χ0) is 18.8. The Morgan fingerprint density at radius 3 is 2.89 bits per heavy atom. The maximum absolute atomic E-state index is 13.5. The number of piperidine rings is 1. The van der Waals surface area contributed by atoms with Crippen LogP contribution in [0.15, 0.2) is 42.9 Å². The average Bonchev–Trinajstić information content (AvgIpc) is 3.37. The van der Waals surface area contributed by atoms with Crippen LogP contribution in [0.3, 0.4) is 0 Å². The van der Waals surface area contributed by atoms with Gasteiger partial charge in [0.25, 0.3) is 5.91 Å². The molecule has 0 aliphatic carbocycles. The molecule has 0 radical (unpaired) electrons. The van der Waals surface area contributed by atoms with Crippen LogP contribution in [0.1, 0.15) is 41.9 Å². The van der Waals surface area contributed by atoms with Gasteiger partial charge in [-0.05, 0) is 31.9 Å². The Morgan fingerprint density at radius 1 is 1.33 bits per heavy atom. The number of rotatable bonds is 4. The lowest BCUT2D eigenvalue weighted by Gasteiger charge is -2.32. The van der Waals surface area contributed by atoms with Crippen molar-refractivity contribution in [2.45, 2.75) is 32.2 Å². The van der Waals surface area contributed by atoms with E-state index in [1.165, 1.54) is 18.3 Å². The van der Waals surface area contributed by atoms with Crippen molar-refractivity contribution in [3.8, 4) is 11.3 Å². The summed E-state index contributed by atoms with van der Waals surface area (Å²) in [4.78, 5) is 19.4. The second-order valence-electron chi connectivity index (χ2n) is 6.81. The highest BCUT2D eigenvalue weighted by Crippen LogP contribution is 2.29. The molecule has 1 aliphatic rings. The minimum absolute atomic E-state index is 0.0692. The van der Waals surface area contributed by atoms with Gasteiger partial charge in [0, 0.05) is 43.5 Å². The molecule has 3 aromatic rings. The molecule has 1 N–H and O–H groups in total. The van der Waals surface area contributed by atoms with Gasteiger partial charge < -0.3 is 9.47 Å². The van der Waals surface area contributed by atoms with E-state index in [-0.39, 0.29) is 11.7 Å². The van der Waals surface area contributed by atoms with E-state index in [1.807, 2.05) is 17.3 Å². The first-order valence-electron chi connectivity index (χ1n) is 9.27. The summed E-state index contributed by atoms with van der Waals surface area (Å²) in [7, 11) is 0. The van der Waals surface area contributed by atoms with Crippen LogP contribution in [-0.2, 0) is 6.54 Å². The van der Waals surface area contributed by atoms with E-state index >= 15 is 0 Å². The topological polar surface area (TPSA) is 66.8 Å². The normalized spacial score (nSPS) is 15.3. The van der Waals surface area contributed by atoms with Crippen molar-refractivity contribution in [2.75, 3.05) is 13.1 Å². The van der Waals surface area contributed by atoms with Crippen LogP contribution in [0.25, 0.3) is 11.3 Å². The van der Waals surface area contributed by atoms with E-state index in [4.69, 9.17) is 0 Å². The Morgan fingerprint density at radius 2 is 2.15 bits per heavy atom. The minimum Gasteiger partial charge on any atom is -0.338 e. The fraction of sp³-hybridized carbons (Fsp3) is 0.350. The van der Waals surface area contributed by atoms with Crippen molar-refractivity contribution in [2.24, 2.45) is 0 Å². The van der Waals surface area contributed by atoms with Crippen LogP contribution in [-0.4, -0.2) is 43.6 Å². The van der Waals surface area contributed by atoms with E-state index in [0.29, 0.717) is 35.8 Å². The summed E-state index contributed by atoms with van der Waals surface area (Å²) in [5, 5.41) is 6.85. The summed E-state index contributed by atoms with van der Waals surface area (Å²) in [6.07, 6.45) is 7.14. The second-order valence-corrected chi connectivity index (χ2v) is 6.81. The van der Waals surface area contributed by atoms with Crippen molar-refractivity contribution in [1.29, 1.82) is 0 Å². The molecule has 0 atom stereocenters. The van der Waals surface area contributed by atoms with E-state index in [0.717, 1.165) is 25.2 Å². The predicted molar refractivity (Wildman–Crippen MR) is 99.8 cm³/mol. The van der Waals surface area contributed by atoms with Crippen LogP contribution in [0, 0.1) is 5.82 Å². The predicted octanol–water partition coefficient (Wildman–Crippen LogP) is 3.45. The number of H-pyrrole nitrogens is 1. The van der Waals surface area contributed by atoms with Gasteiger partial charge in [-0.25, -0.2) is 9.37 Å². The quantitative estimate of drug-likeness (QED) is 0.768. The summed E-state index contributed by atoms with van der Waals surface area (Å²) in [6.45, 7) is 4.36. The SMILES string of the molecule is CCn1ccnc1C1CCN(C(=O)c2cn[nH]c2-c2cccc(F)c2)CC1. The molecule has 27 heavy (non-hydrogen) atoms. The molecule has 1 fully saturated rings. The molecule has 7 heteroatoms. The van der Waals surface area contributed by atoms with Gasteiger partial charge >= 0.3 is 0 Å². The molecular weight excluding hydrogens is 345 g/mol. The van der Waals surface area contributed by atoms with Crippen molar-refractivity contribution < 1.29 is 9.18 Å². The highest BCUT2D eigenvalue weighted by molar-refractivity contribution is 5.99. The second kappa shape index (κ2) is 7.34. The first-order chi connectivity index (χ1) is 13.2. The summed E-state index contributed by atoms with van der Waals surface area (Å²) in [5.41, 5.74) is 1.66. The fourth-order valence-corrected chi connectivity index (χ4v) is 3.77. The average molecular weight is 367 g/mol. The van der Waals surface area contributed by atoms with Crippen LogP contribution < -0.4 is 0 Å². The number of halogens is 1. The highest BCUT2D eigenvalue weighted by atomic mass is 19.1. The van der Waals surface area contributed by atoms with E-state index < -0.39 is 0 Å². The van der Waals surface area contributed by atoms with Gasteiger partial charge in [-0.15, -0.1) is 0 Å². The zero-order valence-corrected chi connectivity index (χ0v) is 15.2. The van der Waals surface area contributed by atoms with Crippen molar-refractivity contribution in [3.05, 3.63) is 60.1 Å². The number of nitrogens with zero attached hydrogens (tertiary/aromatic N) is 4. The summed E-state index contributed by atoms with van der Waals surface area (Å²) >= 11 is 0. The molecule has 0 spiro atoms. The standard InChI is InChI=1S/C20H22FN5O/c1-2-25-11-8-22-19(25)14-6-9-26(10-7-14)20(27)17-13-23-24-18(17)15-4-3-5-16(21)12-15/h3-5,8,11-14H,2,6-7,9-10H2,1H3,(H,23,24). The third kappa shape index (κ3) is 3.37. The smallest absolute Gasteiger partial charge is 0.257 e. The number of aromatic amines is 1. The molecule has 3 heterocycles. The Kier molecular flexibility index (Phi) is 4.75. The van der Waals surface area contributed by atoms with Gasteiger partial charge in [0.05, 0.1) is 17.5 Å². The lowest BCUT2D eigenvalue weighted by atomic mass is 9.95. The van der Waals surface area contributed by atoms with Gasteiger partial charge in [-0.1, -0.05) is 12.1 Å².